The topological polar surface area (TPSA) is 0 Å². The third kappa shape index (κ3) is 12.4. The SMILES string of the molecule is [Cu].[c-]1ccccc1.[c-]1ccccc1.[c-]1ccccc1. The van der Waals surface area contributed by atoms with Crippen molar-refractivity contribution in [2.24, 2.45) is 0 Å². The van der Waals surface area contributed by atoms with Crippen LogP contribution >= 0.6 is 0 Å². The molecule has 0 amide bonds. The third-order valence-corrected chi connectivity index (χ3v) is 1.82. The summed E-state index contributed by atoms with van der Waals surface area (Å²) in [4.78, 5) is 0. The van der Waals surface area contributed by atoms with Gasteiger partial charge in [-0.3, -0.25) is 0 Å². The largest absolute Gasteiger partial charge is 0.184 e. The van der Waals surface area contributed by atoms with Crippen LogP contribution in [-0.2, 0) is 17.1 Å². The summed E-state index contributed by atoms with van der Waals surface area (Å²) in [6.07, 6.45) is 0. The molecule has 3 rings (SSSR count). The molecular formula is C18H15Cu-3. The predicted octanol–water partition coefficient (Wildman–Crippen LogP) is 4.46. The zero-order chi connectivity index (χ0) is 12.7. The van der Waals surface area contributed by atoms with Crippen LogP contribution in [0.5, 0.6) is 0 Å². The molecule has 0 saturated carbocycles. The zero-order valence-corrected chi connectivity index (χ0v) is 11.4. The number of rotatable bonds is 0. The van der Waals surface area contributed by atoms with Gasteiger partial charge in [-0.2, -0.15) is 109 Å². The van der Waals surface area contributed by atoms with Crippen LogP contribution < -0.4 is 0 Å². The normalized spacial score (nSPS) is 7.58. The van der Waals surface area contributed by atoms with Gasteiger partial charge in [0, 0.05) is 17.1 Å². The molecule has 3 aromatic rings. The van der Waals surface area contributed by atoms with E-state index in [-0.39, 0.29) is 17.1 Å². The van der Waals surface area contributed by atoms with Gasteiger partial charge < -0.3 is 0 Å². The minimum absolute atomic E-state index is 0. The Hall–Kier alpha value is -1.82. The van der Waals surface area contributed by atoms with Crippen LogP contribution in [0.1, 0.15) is 0 Å². The number of hydrogen-bond donors (Lipinski definition) is 0. The fourth-order valence-corrected chi connectivity index (χ4v) is 1.03. The minimum atomic E-state index is 0. The maximum atomic E-state index is 2.89. The molecule has 0 spiro atoms. The smallest absolute Gasteiger partial charge is 0 e. The molecule has 0 aromatic heterocycles. The molecule has 1 heteroatoms. The Bertz CT molecular complexity index is 296. The van der Waals surface area contributed by atoms with Gasteiger partial charge in [0.1, 0.15) is 0 Å². The van der Waals surface area contributed by atoms with Crippen molar-refractivity contribution in [2.45, 2.75) is 0 Å². The average molecular weight is 295 g/mol. The second kappa shape index (κ2) is 14.2. The first-order valence-electron chi connectivity index (χ1n) is 5.73. The standard InChI is InChI=1S/3C6H5.Cu/c3*1-2-4-6-5-3-1;/h3*1-5H;/q3*-1;. The first kappa shape index (κ1) is 17.2. The van der Waals surface area contributed by atoms with Crippen LogP contribution in [0.2, 0.25) is 0 Å². The molecule has 19 heavy (non-hydrogen) atoms. The molecule has 0 nitrogen and oxygen atoms in total. The number of benzene rings is 3. The van der Waals surface area contributed by atoms with E-state index < -0.39 is 0 Å². The molecule has 0 atom stereocenters. The van der Waals surface area contributed by atoms with Gasteiger partial charge in [0.05, 0.1) is 0 Å². The van der Waals surface area contributed by atoms with Crippen LogP contribution in [-0.4, -0.2) is 0 Å². The predicted molar refractivity (Wildman–Crippen MR) is 75.8 cm³/mol. The molecule has 0 aliphatic rings. The molecule has 0 N–H and O–H groups in total. The van der Waals surface area contributed by atoms with Crippen LogP contribution in [0.25, 0.3) is 0 Å². The fourth-order valence-electron chi connectivity index (χ4n) is 1.03. The van der Waals surface area contributed by atoms with Crippen molar-refractivity contribution in [3.63, 3.8) is 0 Å². The summed E-state index contributed by atoms with van der Waals surface area (Å²) in [6, 6.07) is 37.5. The molecule has 0 saturated heterocycles. The maximum absolute atomic E-state index is 2.89. The van der Waals surface area contributed by atoms with Gasteiger partial charge in [0.15, 0.2) is 0 Å². The Morgan fingerprint density at radius 1 is 0.316 bits per heavy atom. The van der Waals surface area contributed by atoms with Crippen LogP contribution in [0.15, 0.2) is 91.0 Å². The van der Waals surface area contributed by atoms with E-state index in [1.165, 1.54) is 0 Å². The first-order valence-corrected chi connectivity index (χ1v) is 5.73. The summed E-state index contributed by atoms with van der Waals surface area (Å²) in [6.45, 7) is 0. The van der Waals surface area contributed by atoms with E-state index in [2.05, 4.69) is 18.2 Å². The quantitative estimate of drug-likeness (QED) is 0.424. The third-order valence-electron chi connectivity index (χ3n) is 1.82. The Kier molecular flexibility index (Phi) is 12.9. The second-order valence-electron chi connectivity index (χ2n) is 3.23. The molecule has 0 heterocycles. The molecular weight excluding hydrogens is 280 g/mol. The summed E-state index contributed by atoms with van der Waals surface area (Å²) in [7, 11) is 0. The Morgan fingerprint density at radius 2 is 0.526 bits per heavy atom. The minimum Gasteiger partial charge on any atom is -0.184 e. The molecule has 101 valence electrons. The van der Waals surface area contributed by atoms with Gasteiger partial charge in [-0.05, 0) is 0 Å². The Morgan fingerprint density at radius 3 is 0.579 bits per heavy atom. The van der Waals surface area contributed by atoms with Crippen molar-refractivity contribution in [1.29, 1.82) is 0 Å². The van der Waals surface area contributed by atoms with Crippen molar-refractivity contribution in [3.05, 3.63) is 109 Å². The summed E-state index contributed by atoms with van der Waals surface area (Å²) in [5.41, 5.74) is 0. The molecule has 0 bridgehead atoms. The average Bonchev–Trinajstić information content (AvgIpc) is 2.54. The van der Waals surface area contributed by atoms with E-state index in [1.54, 1.807) is 0 Å². The first-order chi connectivity index (χ1) is 9.00. The van der Waals surface area contributed by atoms with Gasteiger partial charge >= 0.3 is 0 Å². The summed E-state index contributed by atoms with van der Waals surface area (Å²) < 4.78 is 0. The number of hydrogen-bond acceptors (Lipinski definition) is 0. The van der Waals surface area contributed by atoms with Crippen molar-refractivity contribution in [3.8, 4) is 0 Å². The molecule has 0 aliphatic carbocycles. The van der Waals surface area contributed by atoms with Gasteiger partial charge in [0.2, 0.25) is 0 Å². The molecule has 0 aliphatic heterocycles. The molecule has 1 radical (unpaired) electrons. The van der Waals surface area contributed by atoms with Crippen LogP contribution in [0.4, 0.5) is 0 Å². The zero-order valence-electron chi connectivity index (χ0n) is 10.5. The monoisotopic (exact) mass is 294 g/mol. The summed E-state index contributed by atoms with van der Waals surface area (Å²) in [5.74, 6) is 0. The fraction of sp³-hybridized carbons (Fsp3) is 0. The Balaban J connectivity index is 0.000000249. The van der Waals surface area contributed by atoms with Gasteiger partial charge in [0.25, 0.3) is 0 Å². The van der Waals surface area contributed by atoms with E-state index >= 15 is 0 Å². The molecule has 0 unspecified atom stereocenters. The van der Waals surface area contributed by atoms with E-state index in [0.717, 1.165) is 0 Å². The summed E-state index contributed by atoms with van der Waals surface area (Å²) >= 11 is 0. The maximum Gasteiger partial charge on any atom is 0 e. The van der Waals surface area contributed by atoms with Gasteiger partial charge in [-0.25, -0.2) is 0 Å². The van der Waals surface area contributed by atoms with Crippen molar-refractivity contribution >= 4 is 0 Å². The van der Waals surface area contributed by atoms with E-state index in [0.29, 0.717) is 0 Å². The summed E-state index contributed by atoms with van der Waals surface area (Å²) in [5, 5.41) is 0. The van der Waals surface area contributed by atoms with Crippen molar-refractivity contribution < 1.29 is 17.1 Å². The Labute approximate surface area is 126 Å². The van der Waals surface area contributed by atoms with Crippen molar-refractivity contribution in [2.75, 3.05) is 0 Å². The van der Waals surface area contributed by atoms with Gasteiger partial charge in [-0.1, -0.05) is 0 Å². The van der Waals surface area contributed by atoms with E-state index in [9.17, 15) is 0 Å². The van der Waals surface area contributed by atoms with Crippen LogP contribution in [0.3, 0.4) is 0 Å². The van der Waals surface area contributed by atoms with E-state index in [1.807, 2.05) is 91.0 Å². The molecule has 0 fully saturated rings. The molecule has 3 aromatic carbocycles. The van der Waals surface area contributed by atoms with E-state index in [4.69, 9.17) is 0 Å². The van der Waals surface area contributed by atoms with Crippen LogP contribution in [0, 0.1) is 18.2 Å². The van der Waals surface area contributed by atoms with Gasteiger partial charge in [-0.15, -0.1) is 0 Å². The van der Waals surface area contributed by atoms with Crippen molar-refractivity contribution in [1.82, 2.24) is 0 Å². The second-order valence-corrected chi connectivity index (χ2v) is 3.23.